The molecule has 3 rings (SSSR count). The Morgan fingerprint density at radius 2 is 1.72 bits per heavy atom. The van der Waals surface area contributed by atoms with Crippen LogP contribution >= 0.6 is 0 Å². The molecule has 2 aromatic rings. The number of rotatable bonds is 7. The Kier molecular flexibility index (Phi) is 6.11. The second kappa shape index (κ2) is 8.50. The maximum absolute atomic E-state index is 10.3. The molecule has 0 spiro atoms. The summed E-state index contributed by atoms with van der Waals surface area (Å²) in [5, 5.41) is 13.9. The quantitative estimate of drug-likeness (QED) is 0.777. The molecule has 134 valence electrons. The molecule has 4 atom stereocenters. The molecule has 2 aromatic carbocycles. The maximum atomic E-state index is 10.3. The second-order valence-corrected chi connectivity index (χ2v) is 7.25. The lowest BCUT2D eigenvalue weighted by atomic mass is 9.97. The van der Waals surface area contributed by atoms with Crippen molar-refractivity contribution >= 4 is 0 Å². The average Bonchev–Trinajstić information content (AvgIpc) is 2.96. The van der Waals surface area contributed by atoms with Crippen molar-refractivity contribution in [1.29, 1.82) is 0 Å². The largest absolute Gasteiger partial charge is 0.457 e. The summed E-state index contributed by atoms with van der Waals surface area (Å²) in [6.07, 6.45) is 3.82. The number of benzene rings is 2. The van der Waals surface area contributed by atoms with Crippen LogP contribution in [0.1, 0.15) is 38.7 Å². The average molecular weight is 339 g/mol. The van der Waals surface area contributed by atoms with Gasteiger partial charge in [0.25, 0.3) is 0 Å². The van der Waals surface area contributed by atoms with E-state index >= 15 is 0 Å². The molecule has 3 heteroatoms. The molecule has 0 bridgehead atoms. The molecular weight excluding hydrogens is 310 g/mol. The highest BCUT2D eigenvalue weighted by atomic mass is 16.5. The summed E-state index contributed by atoms with van der Waals surface area (Å²) in [6.45, 7) is 4.36. The third-order valence-corrected chi connectivity index (χ3v) is 5.16. The zero-order valence-electron chi connectivity index (χ0n) is 15.2. The lowest BCUT2D eigenvalue weighted by Gasteiger charge is -2.21. The van der Waals surface area contributed by atoms with Crippen LogP contribution in [0.25, 0.3) is 0 Å². The molecule has 1 aliphatic rings. The van der Waals surface area contributed by atoms with Crippen molar-refractivity contribution < 1.29 is 9.84 Å². The highest BCUT2D eigenvalue weighted by Gasteiger charge is 2.33. The Hall–Kier alpha value is -1.84. The summed E-state index contributed by atoms with van der Waals surface area (Å²) in [7, 11) is 0. The highest BCUT2D eigenvalue weighted by molar-refractivity contribution is 5.33. The van der Waals surface area contributed by atoms with Crippen molar-refractivity contribution in [2.45, 2.75) is 57.7 Å². The van der Waals surface area contributed by atoms with E-state index in [-0.39, 0.29) is 12.1 Å². The minimum atomic E-state index is -0.223. The lowest BCUT2D eigenvalue weighted by Crippen LogP contribution is -2.40. The van der Waals surface area contributed by atoms with Crippen LogP contribution in [0.4, 0.5) is 0 Å². The van der Waals surface area contributed by atoms with Gasteiger partial charge in [0, 0.05) is 12.1 Å². The monoisotopic (exact) mass is 339 g/mol. The number of hydrogen-bond donors (Lipinski definition) is 2. The molecule has 1 unspecified atom stereocenters. The van der Waals surface area contributed by atoms with E-state index in [1.807, 2.05) is 42.5 Å². The molecule has 1 aliphatic carbocycles. The molecule has 0 radical (unpaired) electrons. The lowest BCUT2D eigenvalue weighted by molar-refractivity contribution is 0.141. The van der Waals surface area contributed by atoms with E-state index < -0.39 is 0 Å². The van der Waals surface area contributed by atoms with Crippen molar-refractivity contribution in [3.8, 4) is 11.5 Å². The topological polar surface area (TPSA) is 41.5 Å². The van der Waals surface area contributed by atoms with E-state index in [9.17, 15) is 5.11 Å². The minimum absolute atomic E-state index is 0.223. The SMILES string of the molecule is CCC(C)N[C@@H]1C[C@H](Cc2ccc(Oc3ccccc3)cc2)C[C@H]1O. The molecule has 0 heterocycles. The Balaban J connectivity index is 1.53. The van der Waals surface area contributed by atoms with Gasteiger partial charge in [-0.15, -0.1) is 0 Å². The van der Waals surface area contributed by atoms with Gasteiger partial charge in [0.1, 0.15) is 11.5 Å². The number of aliphatic hydroxyl groups excluding tert-OH is 1. The molecule has 0 aliphatic heterocycles. The summed E-state index contributed by atoms with van der Waals surface area (Å²) >= 11 is 0. The van der Waals surface area contributed by atoms with Gasteiger partial charge in [-0.2, -0.15) is 0 Å². The van der Waals surface area contributed by atoms with E-state index in [4.69, 9.17) is 4.74 Å². The third kappa shape index (κ3) is 5.07. The van der Waals surface area contributed by atoms with Crippen LogP contribution in [0.15, 0.2) is 54.6 Å². The Morgan fingerprint density at radius 3 is 2.40 bits per heavy atom. The zero-order chi connectivity index (χ0) is 17.6. The van der Waals surface area contributed by atoms with Crippen LogP contribution < -0.4 is 10.1 Å². The molecule has 3 nitrogen and oxygen atoms in total. The summed E-state index contributed by atoms with van der Waals surface area (Å²) in [5.74, 6) is 2.25. The molecule has 0 saturated heterocycles. The van der Waals surface area contributed by atoms with Crippen LogP contribution in [0.5, 0.6) is 11.5 Å². The van der Waals surface area contributed by atoms with Crippen molar-refractivity contribution in [2.24, 2.45) is 5.92 Å². The summed E-state index contributed by atoms with van der Waals surface area (Å²) < 4.78 is 5.84. The fourth-order valence-corrected chi connectivity index (χ4v) is 3.60. The van der Waals surface area contributed by atoms with E-state index in [2.05, 4.69) is 31.3 Å². The fourth-order valence-electron chi connectivity index (χ4n) is 3.60. The van der Waals surface area contributed by atoms with Crippen molar-refractivity contribution in [2.75, 3.05) is 0 Å². The van der Waals surface area contributed by atoms with E-state index in [0.717, 1.165) is 37.2 Å². The summed E-state index contributed by atoms with van der Waals surface area (Å²) in [6, 6.07) is 18.9. The Labute approximate surface area is 151 Å². The summed E-state index contributed by atoms with van der Waals surface area (Å²) in [5.41, 5.74) is 1.31. The van der Waals surface area contributed by atoms with Gasteiger partial charge in [-0.25, -0.2) is 0 Å². The van der Waals surface area contributed by atoms with Crippen LogP contribution in [0.3, 0.4) is 0 Å². The minimum Gasteiger partial charge on any atom is -0.457 e. The van der Waals surface area contributed by atoms with Crippen LogP contribution in [-0.4, -0.2) is 23.3 Å². The van der Waals surface area contributed by atoms with E-state index in [1.165, 1.54) is 5.56 Å². The summed E-state index contributed by atoms with van der Waals surface area (Å²) in [4.78, 5) is 0. The zero-order valence-corrected chi connectivity index (χ0v) is 15.2. The number of nitrogens with one attached hydrogen (secondary N) is 1. The Morgan fingerprint density at radius 1 is 1.04 bits per heavy atom. The van der Waals surface area contributed by atoms with Crippen molar-refractivity contribution in [3.05, 3.63) is 60.2 Å². The number of ether oxygens (including phenoxy) is 1. The van der Waals surface area contributed by atoms with E-state index in [0.29, 0.717) is 12.0 Å². The first-order valence-corrected chi connectivity index (χ1v) is 9.40. The van der Waals surface area contributed by atoms with Gasteiger partial charge in [0.2, 0.25) is 0 Å². The molecule has 1 fully saturated rings. The smallest absolute Gasteiger partial charge is 0.127 e. The first-order valence-electron chi connectivity index (χ1n) is 9.40. The van der Waals surface area contributed by atoms with Gasteiger partial charge >= 0.3 is 0 Å². The second-order valence-electron chi connectivity index (χ2n) is 7.25. The normalized spacial score (nSPS) is 24.2. The maximum Gasteiger partial charge on any atom is 0.127 e. The standard InChI is InChI=1S/C22H29NO2/c1-3-16(2)23-21-14-18(15-22(21)24)13-17-9-11-20(12-10-17)25-19-7-5-4-6-8-19/h4-12,16,18,21-24H,3,13-15H2,1-2H3/t16?,18-,21+,22+/m0/s1. The van der Waals surface area contributed by atoms with Gasteiger partial charge in [0.15, 0.2) is 0 Å². The van der Waals surface area contributed by atoms with Gasteiger partial charge in [-0.05, 0) is 68.4 Å². The Bertz CT molecular complexity index is 641. The van der Waals surface area contributed by atoms with E-state index in [1.54, 1.807) is 0 Å². The molecule has 2 N–H and O–H groups in total. The number of para-hydroxylation sites is 1. The molecule has 0 aromatic heterocycles. The van der Waals surface area contributed by atoms with Gasteiger partial charge < -0.3 is 15.2 Å². The van der Waals surface area contributed by atoms with Gasteiger partial charge in [0.05, 0.1) is 6.10 Å². The number of aliphatic hydroxyl groups is 1. The highest BCUT2D eigenvalue weighted by Crippen LogP contribution is 2.30. The van der Waals surface area contributed by atoms with Gasteiger partial charge in [-0.1, -0.05) is 37.3 Å². The first-order chi connectivity index (χ1) is 12.1. The molecule has 1 saturated carbocycles. The number of hydrogen-bond acceptors (Lipinski definition) is 3. The van der Waals surface area contributed by atoms with Crippen molar-refractivity contribution in [1.82, 2.24) is 5.32 Å². The van der Waals surface area contributed by atoms with Crippen LogP contribution in [-0.2, 0) is 6.42 Å². The third-order valence-electron chi connectivity index (χ3n) is 5.16. The van der Waals surface area contributed by atoms with Crippen LogP contribution in [0, 0.1) is 5.92 Å². The van der Waals surface area contributed by atoms with Crippen molar-refractivity contribution in [3.63, 3.8) is 0 Å². The fraction of sp³-hybridized carbons (Fsp3) is 0.455. The first kappa shape index (κ1) is 18.0. The molecule has 0 amide bonds. The molecular formula is C22H29NO2. The van der Waals surface area contributed by atoms with Crippen LogP contribution in [0.2, 0.25) is 0 Å². The predicted molar refractivity (Wildman–Crippen MR) is 102 cm³/mol. The van der Waals surface area contributed by atoms with Gasteiger partial charge in [-0.3, -0.25) is 0 Å². The molecule has 25 heavy (non-hydrogen) atoms. The predicted octanol–water partition coefficient (Wildman–Crippen LogP) is 4.55.